The zero-order chi connectivity index (χ0) is 18.8. The van der Waals surface area contributed by atoms with Gasteiger partial charge >= 0.3 is 0 Å². The molecule has 0 unspecified atom stereocenters. The molecule has 4 aromatic rings. The molecule has 0 amide bonds. The summed E-state index contributed by atoms with van der Waals surface area (Å²) in [4.78, 5) is 0. The lowest BCUT2D eigenvalue weighted by atomic mass is 10.0. The highest BCUT2D eigenvalue weighted by Crippen LogP contribution is 2.31. The minimum Gasteiger partial charge on any atom is -0.457 e. The lowest BCUT2D eigenvalue weighted by molar-refractivity contribution is 0.571. The molecule has 0 aliphatic rings. The van der Waals surface area contributed by atoms with Crippen molar-refractivity contribution in [2.24, 2.45) is 0 Å². The Balaban J connectivity index is 1.71. The molecule has 0 saturated carbocycles. The maximum absolute atomic E-state index is 13.3. The molecule has 0 aliphatic heterocycles. The molecular weight excluding hydrogens is 405 g/mol. The Morgan fingerprint density at radius 2 is 1.78 bits per heavy atom. The molecule has 4 heteroatoms. The molecule has 0 bridgehead atoms. The van der Waals surface area contributed by atoms with Crippen LogP contribution in [0, 0.1) is 17.1 Å². The van der Waals surface area contributed by atoms with E-state index in [1.807, 2.05) is 42.5 Å². The van der Waals surface area contributed by atoms with Gasteiger partial charge in [0.1, 0.15) is 17.3 Å². The number of benzene rings is 3. The quantitative estimate of drug-likeness (QED) is 0.334. The zero-order valence-corrected chi connectivity index (χ0v) is 15.7. The molecule has 1 heterocycles. The Morgan fingerprint density at radius 3 is 2.56 bits per heavy atom. The zero-order valence-electron chi connectivity index (χ0n) is 14.1. The van der Waals surface area contributed by atoms with Crippen LogP contribution in [-0.4, -0.2) is 0 Å². The van der Waals surface area contributed by atoms with E-state index in [1.165, 1.54) is 12.1 Å². The molecule has 0 fully saturated rings. The van der Waals surface area contributed by atoms with E-state index in [4.69, 9.17) is 4.42 Å². The first-order valence-electron chi connectivity index (χ1n) is 8.30. The van der Waals surface area contributed by atoms with Crippen molar-refractivity contribution in [3.63, 3.8) is 0 Å². The molecule has 27 heavy (non-hydrogen) atoms. The largest absolute Gasteiger partial charge is 0.457 e. The van der Waals surface area contributed by atoms with Crippen LogP contribution in [0.3, 0.4) is 0 Å². The normalized spacial score (nSPS) is 11.5. The Labute approximate surface area is 164 Å². The van der Waals surface area contributed by atoms with Crippen molar-refractivity contribution in [1.29, 1.82) is 5.26 Å². The standard InChI is InChI=1S/C23H13BrFNO/c24-22-13-19(25)7-9-21(22)23-10-8-20(27-23)12-18(14-26)17-6-5-15-3-1-2-4-16(15)11-17/h1-13H/b18-12-. The van der Waals surface area contributed by atoms with Gasteiger partial charge in [-0.2, -0.15) is 5.26 Å². The Morgan fingerprint density at radius 1 is 0.963 bits per heavy atom. The second kappa shape index (κ2) is 7.22. The van der Waals surface area contributed by atoms with E-state index in [9.17, 15) is 9.65 Å². The third kappa shape index (κ3) is 3.55. The number of rotatable bonds is 3. The van der Waals surface area contributed by atoms with Crippen LogP contribution in [0.2, 0.25) is 0 Å². The van der Waals surface area contributed by atoms with Crippen LogP contribution in [0.25, 0.3) is 33.7 Å². The molecule has 0 saturated heterocycles. The third-order valence-corrected chi connectivity index (χ3v) is 4.95. The first-order chi connectivity index (χ1) is 13.1. The van der Waals surface area contributed by atoms with E-state index in [2.05, 4.69) is 22.0 Å². The molecule has 0 aliphatic carbocycles. The second-order valence-corrected chi connectivity index (χ2v) is 6.91. The molecule has 130 valence electrons. The smallest absolute Gasteiger partial charge is 0.135 e. The van der Waals surface area contributed by atoms with Crippen molar-refractivity contribution in [3.05, 3.63) is 94.4 Å². The highest BCUT2D eigenvalue weighted by molar-refractivity contribution is 9.10. The minimum atomic E-state index is -0.319. The highest BCUT2D eigenvalue weighted by atomic mass is 79.9. The van der Waals surface area contributed by atoms with Crippen LogP contribution in [0.5, 0.6) is 0 Å². The fraction of sp³-hybridized carbons (Fsp3) is 0. The summed E-state index contributed by atoms with van der Waals surface area (Å²) < 4.78 is 19.7. The third-order valence-electron chi connectivity index (χ3n) is 4.29. The van der Waals surface area contributed by atoms with E-state index >= 15 is 0 Å². The molecule has 1 aromatic heterocycles. The lowest BCUT2D eigenvalue weighted by Gasteiger charge is -2.03. The van der Waals surface area contributed by atoms with Crippen LogP contribution in [-0.2, 0) is 0 Å². The SMILES string of the molecule is N#C/C(=C/c1ccc(-c2ccc(F)cc2Br)o1)c1ccc2ccccc2c1. The maximum atomic E-state index is 13.3. The summed E-state index contributed by atoms with van der Waals surface area (Å²) in [6.45, 7) is 0. The number of allylic oxidation sites excluding steroid dienone is 1. The van der Waals surface area contributed by atoms with Crippen molar-refractivity contribution in [2.45, 2.75) is 0 Å². The summed E-state index contributed by atoms with van der Waals surface area (Å²) in [6.07, 6.45) is 1.71. The molecule has 3 aromatic carbocycles. The first kappa shape index (κ1) is 17.3. The van der Waals surface area contributed by atoms with Gasteiger partial charge in [0.25, 0.3) is 0 Å². The summed E-state index contributed by atoms with van der Waals surface area (Å²) in [5.41, 5.74) is 2.09. The molecule has 0 spiro atoms. The van der Waals surface area contributed by atoms with Gasteiger partial charge in [-0.25, -0.2) is 4.39 Å². The fourth-order valence-corrected chi connectivity index (χ4v) is 3.49. The summed E-state index contributed by atoms with van der Waals surface area (Å²) in [5, 5.41) is 11.8. The van der Waals surface area contributed by atoms with E-state index in [0.717, 1.165) is 21.9 Å². The van der Waals surface area contributed by atoms with Crippen LogP contribution in [0.15, 0.2) is 81.7 Å². The minimum absolute atomic E-state index is 0.319. The van der Waals surface area contributed by atoms with Gasteiger partial charge in [-0.3, -0.25) is 0 Å². The topological polar surface area (TPSA) is 36.9 Å². The number of furan rings is 1. The van der Waals surface area contributed by atoms with E-state index in [1.54, 1.807) is 24.3 Å². The van der Waals surface area contributed by atoms with Gasteiger partial charge in [0.15, 0.2) is 0 Å². The van der Waals surface area contributed by atoms with E-state index in [-0.39, 0.29) is 5.82 Å². The van der Waals surface area contributed by atoms with Crippen molar-refractivity contribution in [1.82, 2.24) is 0 Å². The molecule has 0 N–H and O–H groups in total. The maximum Gasteiger partial charge on any atom is 0.135 e. The van der Waals surface area contributed by atoms with Gasteiger partial charge in [0.05, 0.1) is 11.6 Å². The molecular formula is C23H13BrFNO. The number of nitriles is 1. The number of fused-ring (bicyclic) bond motifs is 1. The van der Waals surface area contributed by atoms with Gasteiger partial charge in [-0.15, -0.1) is 0 Å². The van der Waals surface area contributed by atoms with Crippen molar-refractivity contribution in [2.75, 3.05) is 0 Å². The second-order valence-electron chi connectivity index (χ2n) is 6.06. The summed E-state index contributed by atoms with van der Waals surface area (Å²) in [7, 11) is 0. The summed E-state index contributed by atoms with van der Waals surface area (Å²) >= 11 is 3.35. The van der Waals surface area contributed by atoms with E-state index in [0.29, 0.717) is 21.6 Å². The Kier molecular flexibility index (Phi) is 4.62. The van der Waals surface area contributed by atoms with Crippen LogP contribution < -0.4 is 0 Å². The van der Waals surface area contributed by atoms with Gasteiger partial charge in [0, 0.05) is 10.0 Å². The van der Waals surface area contributed by atoms with Gasteiger partial charge in [-0.05, 0) is 74.7 Å². The first-order valence-corrected chi connectivity index (χ1v) is 9.09. The Bertz CT molecular complexity index is 1220. The average Bonchev–Trinajstić information content (AvgIpc) is 3.14. The molecule has 0 radical (unpaired) electrons. The highest BCUT2D eigenvalue weighted by Gasteiger charge is 2.10. The van der Waals surface area contributed by atoms with E-state index < -0.39 is 0 Å². The number of nitrogens with zero attached hydrogens (tertiary/aromatic N) is 1. The van der Waals surface area contributed by atoms with Crippen LogP contribution >= 0.6 is 15.9 Å². The van der Waals surface area contributed by atoms with Gasteiger partial charge in [-0.1, -0.05) is 36.4 Å². The van der Waals surface area contributed by atoms with Crippen LogP contribution in [0.1, 0.15) is 11.3 Å². The predicted molar refractivity (Wildman–Crippen MR) is 109 cm³/mol. The van der Waals surface area contributed by atoms with Crippen molar-refractivity contribution in [3.8, 4) is 17.4 Å². The van der Waals surface area contributed by atoms with Gasteiger partial charge < -0.3 is 4.42 Å². The predicted octanol–water partition coefficient (Wildman–Crippen LogP) is 7.07. The lowest BCUT2D eigenvalue weighted by Crippen LogP contribution is -1.82. The number of hydrogen-bond donors (Lipinski definition) is 0. The summed E-state index contributed by atoms with van der Waals surface area (Å²) in [6, 6.07) is 24.2. The summed E-state index contributed by atoms with van der Waals surface area (Å²) in [5.74, 6) is 0.843. The van der Waals surface area contributed by atoms with Crippen molar-refractivity contribution >= 4 is 38.4 Å². The van der Waals surface area contributed by atoms with Crippen LogP contribution in [0.4, 0.5) is 4.39 Å². The molecule has 4 rings (SSSR count). The number of halogens is 2. The fourth-order valence-electron chi connectivity index (χ4n) is 2.94. The Hall–Kier alpha value is -3.16. The monoisotopic (exact) mass is 417 g/mol. The average molecular weight is 418 g/mol. The number of hydrogen-bond acceptors (Lipinski definition) is 2. The molecule has 0 atom stereocenters. The molecule has 2 nitrogen and oxygen atoms in total. The van der Waals surface area contributed by atoms with Gasteiger partial charge in [0.2, 0.25) is 0 Å². The van der Waals surface area contributed by atoms with Crippen molar-refractivity contribution < 1.29 is 8.81 Å².